The third-order valence-corrected chi connectivity index (χ3v) is 3.97. The molecule has 0 heterocycles. The van der Waals surface area contributed by atoms with Crippen LogP contribution in [0.2, 0.25) is 5.02 Å². The van der Waals surface area contributed by atoms with E-state index in [4.69, 9.17) is 21.1 Å². The van der Waals surface area contributed by atoms with Gasteiger partial charge in [0.2, 0.25) is 0 Å². The summed E-state index contributed by atoms with van der Waals surface area (Å²) in [7, 11) is 0. The molecule has 2 rings (SSSR count). The molecule has 0 amide bonds. The summed E-state index contributed by atoms with van der Waals surface area (Å²) in [5, 5.41) is 4.15. The minimum absolute atomic E-state index is 0. The fourth-order valence-electron chi connectivity index (χ4n) is 2.41. The Morgan fingerprint density at radius 2 is 1.72 bits per heavy atom. The van der Waals surface area contributed by atoms with Crippen molar-refractivity contribution in [1.82, 2.24) is 5.32 Å². The molecule has 0 radical (unpaired) electrons. The fourth-order valence-corrected chi connectivity index (χ4v) is 2.63. The summed E-state index contributed by atoms with van der Waals surface area (Å²) in [5.74, 6) is 1.48. The highest BCUT2D eigenvalue weighted by atomic mass is 35.5. The lowest BCUT2D eigenvalue weighted by molar-refractivity contribution is 0.276. The molecule has 5 heteroatoms. The Morgan fingerprint density at radius 1 is 1.00 bits per heavy atom. The van der Waals surface area contributed by atoms with Crippen molar-refractivity contribution in [3.8, 4) is 11.5 Å². The van der Waals surface area contributed by atoms with Crippen molar-refractivity contribution in [2.24, 2.45) is 0 Å². The quantitative estimate of drug-likeness (QED) is 0.565. The number of hydrogen-bond acceptors (Lipinski definition) is 3. The van der Waals surface area contributed by atoms with Crippen molar-refractivity contribution in [2.45, 2.75) is 33.2 Å². The van der Waals surface area contributed by atoms with Crippen LogP contribution in [0.5, 0.6) is 11.5 Å². The second-order valence-electron chi connectivity index (χ2n) is 5.58. The minimum Gasteiger partial charge on any atom is -0.490 e. The van der Waals surface area contributed by atoms with Crippen LogP contribution in [0.15, 0.2) is 42.5 Å². The van der Waals surface area contributed by atoms with Crippen molar-refractivity contribution in [3.05, 3.63) is 58.6 Å². The Balaban J connectivity index is 0.00000312. The van der Waals surface area contributed by atoms with E-state index in [1.165, 1.54) is 5.56 Å². The molecule has 0 spiro atoms. The Bertz CT molecular complexity index is 621. The van der Waals surface area contributed by atoms with E-state index in [0.29, 0.717) is 24.8 Å². The second kappa shape index (κ2) is 12.0. The molecule has 2 aromatic rings. The number of benzene rings is 2. The van der Waals surface area contributed by atoms with Crippen LogP contribution >= 0.6 is 24.0 Å². The van der Waals surface area contributed by atoms with Crippen molar-refractivity contribution >= 4 is 24.0 Å². The molecular formula is C20H27Cl2NO2. The van der Waals surface area contributed by atoms with Crippen LogP contribution in [0.25, 0.3) is 0 Å². The molecule has 0 saturated heterocycles. The molecule has 0 bridgehead atoms. The van der Waals surface area contributed by atoms with Crippen molar-refractivity contribution < 1.29 is 9.47 Å². The molecular weight excluding hydrogens is 357 g/mol. The zero-order valence-corrected chi connectivity index (χ0v) is 16.5. The van der Waals surface area contributed by atoms with Crippen LogP contribution in [0.4, 0.5) is 0 Å². The number of ether oxygens (including phenoxy) is 2. The van der Waals surface area contributed by atoms with Gasteiger partial charge in [-0.25, -0.2) is 0 Å². The third kappa shape index (κ3) is 7.15. The summed E-state index contributed by atoms with van der Waals surface area (Å²) < 4.78 is 11.4. The molecule has 0 fully saturated rings. The molecule has 0 aliphatic heterocycles. The molecule has 0 aliphatic rings. The molecule has 0 aliphatic carbocycles. The predicted molar refractivity (Wildman–Crippen MR) is 108 cm³/mol. The van der Waals surface area contributed by atoms with Gasteiger partial charge in [0, 0.05) is 17.6 Å². The van der Waals surface area contributed by atoms with Crippen LogP contribution in [0.3, 0.4) is 0 Å². The summed E-state index contributed by atoms with van der Waals surface area (Å²) >= 11 is 6.40. The van der Waals surface area contributed by atoms with E-state index < -0.39 is 0 Å². The van der Waals surface area contributed by atoms with E-state index in [0.717, 1.165) is 36.4 Å². The molecule has 138 valence electrons. The predicted octanol–water partition coefficient (Wildman–Crippen LogP) is 5.28. The standard InChI is InChI=1S/C20H26ClNO2.ClH/c1-3-12-24-20-14-18(21)17(13-19(20)23-4-2)15-22-11-10-16-8-6-5-7-9-16;/h5-9,13-14,22H,3-4,10-12,15H2,1-2H3;1H. The lowest BCUT2D eigenvalue weighted by atomic mass is 10.1. The van der Waals surface area contributed by atoms with Crippen LogP contribution < -0.4 is 14.8 Å². The van der Waals surface area contributed by atoms with E-state index in [1.54, 1.807) is 0 Å². The van der Waals surface area contributed by atoms with Gasteiger partial charge in [-0.05, 0) is 43.5 Å². The SMILES string of the molecule is CCCOc1cc(Cl)c(CNCCc2ccccc2)cc1OCC.Cl. The Labute approximate surface area is 162 Å². The molecule has 3 nitrogen and oxygen atoms in total. The number of halogens is 2. The Kier molecular flexibility index (Phi) is 10.4. The molecule has 0 saturated carbocycles. The average molecular weight is 384 g/mol. The summed E-state index contributed by atoms with van der Waals surface area (Å²) in [4.78, 5) is 0. The van der Waals surface area contributed by atoms with Crippen LogP contribution in [-0.2, 0) is 13.0 Å². The lowest BCUT2D eigenvalue weighted by Crippen LogP contribution is -2.17. The number of hydrogen-bond donors (Lipinski definition) is 1. The van der Waals surface area contributed by atoms with Crippen molar-refractivity contribution in [2.75, 3.05) is 19.8 Å². The summed E-state index contributed by atoms with van der Waals surface area (Å²) in [6.45, 7) is 6.91. The topological polar surface area (TPSA) is 30.5 Å². The van der Waals surface area contributed by atoms with Gasteiger partial charge in [0.05, 0.1) is 13.2 Å². The van der Waals surface area contributed by atoms with Gasteiger partial charge in [-0.2, -0.15) is 0 Å². The maximum Gasteiger partial charge on any atom is 0.162 e. The Hall–Kier alpha value is -1.42. The first kappa shape index (κ1) is 21.6. The van der Waals surface area contributed by atoms with E-state index in [1.807, 2.05) is 25.1 Å². The monoisotopic (exact) mass is 383 g/mol. The largest absolute Gasteiger partial charge is 0.490 e. The molecule has 0 unspecified atom stereocenters. The van der Waals surface area contributed by atoms with Crippen LogP contribution in [-0.4, -0.2) is 19.8 Å². The second-order valence-corrected chi connectivity index (χ2v) is 5.99. The maximum atomic E-state index is 6.40. The van der Waals surface area contributed by atoms with Gasteiger partial charge in [0.25, 0.3) is 0 Å². The van der Waals surface area contributed by atoms with Crippen LogP contribution in [0.1, 0.15) is 31.4 Å². The van der Waals surface area contributed by atoms with Gasteiger partial charge in [-0.1, -0.05) is 48.9 Å². The highest BCUT2D eigenvalue weighted by molar-refractivity contribution is 6.31. The van der Waals surface area contributed by atoms with Crippen molar-refractivity contribution in [3.63, 3.8) is 0 Å². The summed E-state index contributed by atoms with van der Waals surface area (Å²) in [6.07, 6.45) is 1.94. The van der Waals surface area contributed by atoms with Gasteiger partial charge in [-0.3, -0.25) is 0 Å². The normalized spacial score (nSPS) is 10.2. The molecule has 0 atom stereocenters. The zero-order chi connectivity index (χ0) is 17.2. The maximum absolute atomic E-state index is 6.40. The van der Waals surface area contributed by atoms with Gasteiger partial charge in [0.1, 0.15) is 0 Å². The highest BCUT2D eigenvalue weighted by Gasteiger charge is 2.11. The van der Waals surface area contributed by atoms with E-state index in [9.17, 15) is 0 Å². The van der Waals surface area contributed by atoms with Gasteiger partial charge in [-0.15, -0.1) is 12.4 Å². The average Bonchev–Trinajstić information content (AvgIpc) is 2.60. The first-order valence-corrected chi connectivity index (χ1v) is 8.95. The third-order valence-electron chi connectivity index (χ3n) is 3.62. The van der Waals surface area contributed by atoms with Gasteiger partial charge >= 0.3 is 0 Å². The molecule has 1 N–H and O–H groups in total. The van der Waals surface area contributed by atoms with E-state index in [2.05, 4.69) is 36.5 Å². The summed E-state index contributed by atoms with van der Waals surface area (Å²) in [6, 6.07) is 14.3. The van der Waals surface area contributed by atoms with Gasteiger partial charge < -0.3 is 14.8 Å². The van der Waals surface area contributed by atoms with Gasteiger partial charge in [0.15, 0.2) is 11.5 Å². The summed E-state index contributed by atoms with van der Waals surface area (Å²) in [5.41, 5.74) is 2.35. The zero-order valence-electron chi connectivity index (χ0n) is 14.9. The Morgan fingerprint density at radius 3 is 2.40 bits per heavy atom. The molecule has 2 aromatic carbocycles. The lowest BCUT2D eigenvalue weighted by Gasteiger charge is -2.15. The number of rotatable bonds is 10. The molecule has 25 heavy (non-hydrogen) atoms. The highest BCUT2D eigenvalue weighted by Crippen LogP contribution is 2.33. The first-order chi connectivity index (χ1) is 11.7. The minimum atomic E-state index is 0. The fraction of sp³-hybridized carbons (Fsp3) is 0.400. The van der Waals surface area contributed by atoms with Crippen molar-refractivity contribution in [1.29, 1.82) is 0 Å². The molecule has 0 aromatic heterocycles. The number of nitrogens with one attached hydrogen (secondary N) is 1. The smallest absolute Gasteiger partial charge is 0.162 e. The first-order valence-electron chi connectivity index (χ1n) is 8.57. The van der Waals surface area contributed by atoms with E-state index >= 15 is 0 Å². The van der Waals surface area contributed by atoms with E-state index in [-0.39, 0.29) is 12.4 Å². The van der Waals surface area contributed by atoms with Crippen LogP contribution in [0, 0.1) is 0 Å².